The van der Waals surface area contributed by atoms with Gasteiger partial charge in [-0.25, -0.2) is 17.5 Å². The van der Waals surface area contributed by atoms with E-state index in [4.69, 9.17) is 9.47 Å². The van der Waals surface area contributed by atoms with E-state index in [2.05, 4.69) is 4.72 Å². The molecule has 0 aliphatic carbocycles. The Morgan fingerprint density at radius 3 is 2.68 bits per heavy atom. The highest BCUT2D eigenvalue weighted by molar-refractivity contribution is 7.89. The van der Waals surface area contributed by atoms with Crippen molar-refractivity contribution in [3.63, 3.8) is 0 Å². The number of nitrogens with one attached hydrogen (secondary N) is 1. The maximum absolute atomic E-state index is 13.0. The number of fused-ring (bicyclic) bond motifs is 1. The summed E-state index contributed by atoms with van der Waals surface area (Å²) in [6.07, 6.45) is 0.896. The molecule has 7 heteroatoms. The van der Waals surface area contributed by atoms with Crippen LogP contribution in [0.25, 0.3) is 0 Å². The Hall–Kier alpha value is -2.12. The van der Waals surface area contributed by atoms with Gasteiger partial charge in [0, 0.05) is 24.1 Å². The molecule has 0 unspecified atom stereocenters. The molecule has 1 aliphatic heterocycles. The third-order valence-electron chi connectivity index (χ3n) is 3.96. The molecule has 1 aliphatic rings. The van der Waals surface area contributed by atoms with Crippen LogP contribution in [0.1, 0.15) is 25.0 Å². The van der Waals surface area contributed by atoms with Crippen molar-refractivity contribution in [3.05, 3.63) is 53.3 Å². The van der Waals surface area contributed by atoms with Crippen LogP contribution >= 0.6 is 0 Å². The minimum atomic E-state index is -3.74. The molecule has 0 saturated heterocycles. The predicted octanol–water partition coefficient (Wildman–Crippen LogP) is 3.03. The van der Waals surface area contributed by atoms with Gasteiger partial charge < -0.3 is 9.47 Å². The molecule has 0 bridgehead atoms. The normalized spacial score (nSPS) is 16.4. The summed E-state index contributed by atoms with van der Waals surface area (Å²) in [7, 11) is -3.74. The lowest BCUT2D eigenvalue weighted by Crippen LogP contribution is -2.23. The highest BCUT2D eigenvalue weighted by atomic mass is 32.2. The van der Waals surface area contributed by atoms with Crippen LogP contribution in [0.5, 0.6) is 11.5 Å². The maximum atomic E-state index is 13.0. The van der Waals surface area contributed by atoms with Crippen molar-refractivity contribution in [3.8, 4) is 11.5 Å². The van der Waals surface area contributed by atoms with Crippen LogP contribution in [-0.2, 0) is 23.0 Å². The Labute approximate surface area is 146 Å². The molecular weight excluding hydrogens is 345 g/mol. The second-order valence-electron chi connectivity index (χ2n) is 5.91. The molecule has 0 saturated carbocycles. The van der Waals surface area contributed by atoms with Gasteiger partial charge in [-0.05, 0) is 50.2 Å². The van der Waals surface area contributed by atoms with Gasteiger partial charge in [-0.3, -0.25) is 0 Å². The molecule has 1 atom stereocenters. The van der Waals surface area contributed by atoms with Gasteiger partial charge in [-0.2, -0.15) is 0 Å². The first-order valence-corrected chi connectivity index (χ1v) is 9.58. The number of ether oxygens (including phenoxy) is 2. The molecule has 2 aromatic carbocycles. The standard InChI is InChI=1S/C18H20FNO4S/c1-3-23-17-9-13-8-12(2)24-18(13)10-14(17)11-20-25(21,22)16-6-4-15(19)5-7-16/h4-7,9-10,12,20H,3,8,11H2,1-2H3/t12-/m1/s1. The zero-order valence-electron chi connectivity index (χ0n) is 14.1. The van der Waals surface area contributed by atoms with Crippen molar-refractivity contribution >= 4 is 10.0 Å². The fourth-order valence-corrected chi connectivity index (χ4v) is 3.79. The average molecular weight is 365 g/mol. The van der Waals surface area contributed by atoms with Crippen LogP contribution in [0.15, 0.2) is 41.3 Å². The van der Waals surface area contributed by atoms with E-state index in [1.807, 2.05) is 26.0 Å². The summed E-state index contributed by atoms with van der Waals surface area (Å²) in [6, 6.07) is 8.42. The molecular formula is C18H20FNO4S. The Morgan fingerprint density at radius 2 is 2.00 bits per heavy atom. The molecule has 1 heterocycles. The molecule has 2 aromatic rings. The lowest BCUT2D eigenvalue weighted by atomic mass is 10.1. The Balaban J connectivity index is 1.82. The largest absolute Gasteiger partial charge is 0.494 e. The molecule has 25 heavy (non-hydrogen) atoms. The van der Waals surface area contributed by atoms with E-state index in [0.717, 1.165) is 29.9 Å². The summed E-state index contributed by atoms with van der Waals surface area (Å²) >= 11 is 0. The summed E-state index contributed by atoms with van der Waals surface area (Å²) in [6.45, 7) is 4.39. The number of halogens is 1. The van der Waals surface area contributed by atoms with Crippen molar-refractivity contribution in [2.24, 2.45) is 0 Å². The highest BCUT2D eigenvalue weighted by Crippen LogP contribution is 2.35. The van der Waals surface area contributed by atoms with E-state index in [-0.39, 0.29) is 17.5 Å². The first-order valence-electron chi connectivity index (χ1n) is 8.09. The molecule has 0 spiro atoms. The first-order chi connectivity index (χ1) is 11.9. The number of hydrogen-bond acceptors (Lipinski definition) is 4. The number of sulfonamides is 1. The summed E-state index contributed by atoms with van der Waals surface area (Å²) in [5.41, 5.74) is 1.75. The molecule has 5 nitrogen and oxygen atoms in total. The first kappa shape index (κ1) is 17.7. The van der Waals surface area contributed by atoms with Crippen molar-refractivity contribution in [2.45, 2.75) is 37.8 Å². The van der Waals surface area contributed by atoms with E-state index in [9.17, 15) is 12.8 Å². The van der Waals surface area contributed by atoms with Gasteiger partial charge in [0.25, 0.3) is 0 Å². The smallest absolute Gasteiger partial charge is 0.240 e. The van der Waals surface area contributed by atoms with Gasteiger partial charge in [0.1, 0.15) is 23.4 Å². The van der Waals surface area contributed by atoms with Crippen LogP contribution in [0.2, 0.25) is 0 Å². The number of hydrogen-bond donors (Lipinski definition) is 1. The minimum Gasteiger partial charge on any atom is -0.494 e. The van der Waals surface area contributed by atoms with Gasteiger partial charge >= 0.3 is 0 Å². The third-order valence-corrected chi connectivity index (χ3v) is 5.37. The zero-order valence-corrected chi connectivity index (χ0v) is 14.9. The molecule has 0 radical (unpaired) electrons. The zero-order chi connectivity index (χ0) is 18.0. The minimum absolute atomic E-state index is 0.0119. The highest BCUT2D eigenvalue weighted by Gasteiger charge is 2.23. The van der Waals surface area contributed by atoms with Gasteiger partial charge in [-0.1, -0.05) is 0 Å². The lowest BCUT2D eigenvalue weighted by Gasteiger charge is -2.13. The molecule has 0 aromatic heterocycles. The monoisotopic (exact) mass is 365 g/mol. The maximum Gasteiger partial charge on any atom is 0.240 e. The van der Waals surface area contributed by atoms with Crippen molar-refractivity contribution < 1.29 is 22.3 Å². The second kappa shape index (κ2) is 7.01. The average Bonchev–Trinajstić information content (AvgIpc) is 2.92. The number of rotatable bonds is 6. The van der Waals surface area contributed by atoms with Crippen LogP contribution in [0, 0.1) is 5.82 Å². The van der Waals surface area contributed by atoms with Crippen LogP contribution in [0.3, 0.4) is 0 Å². The van der Waals surface area contributed by atoms with E-state index in [0.29, 0.717) is 17.9 Å². The number of benzene rings is 2. The van der Waals surface area contributed by atoms with E-state index in [1.54, 1.807) is 0 Å². The summed E-state index contributed by atoms with van der Waals surface area (Å²) < 4.78 is 51.6. The fourth-order valence-electron chi connectivity index (χ4n) is 2.78. The Bertz CT molecular complexity index is 865. The van der Waals surface area contributed by atoms with E-state index in [1.165, 1.54) is 12.1 Å². The fraction of sp³-hybridized carbons (Fsp3) is 0.333. The van der Waals surface area contributed by atoms with Crippen molar-refractivity contribution in [1.29, 1.82) is 0 Å². The van der Waals surface area contributed by atoms with E-state index < -0.39 is 15.8 Å². The van der Waals surface area contributed by atoms with Crippen molar-refractivity contribution in [2.75, 3.05) is 6.61 Å². The molecule has 1 N–H and O–H groups in total. The molecule has 134 valence electrons. The second-order valence-corrected chi connectivity index (χ2v) is 7.68. The predicted molar refractivity (Wildman–Crippen MR) is 91.8 cm³/mol. The van der Waals surface area contributed by atoms with Crippen LogP contribution in [-0.4, -0.2) is 21.1 Å². The quantitative estimate of drug-likeness (QED) is 0.855. The van der Waals surface area contributed by atoms with Gasteiger partial charge in [0.05, 0.1) is 11.5 Å². The Kier molecular flexibility index (Phi) is 4.96. The van der Waals surface area contributed by atoms with Gasteiger partial charge in [-0.15, -0.1) is 0 Å². The summed E-state index contributed by atoms with van der Waals surface area (Å²) in [4.78, 5) is 0.0119. The lowest BCUT2D eigenvalue weighted by molar-refractivity contribution is 0.254. The third kappa shape index (κ3) is 3.93. The SMILES string of the molecule is CCOc1cc2c(cc1CNS(=O)(=O)c1ccc(F)cc1)O[C@H](C)C2. The van der Waals surface area contributed by atoms with Crippen molar-refractivity contribution in [1.82, 2.24) is 4.72 Å². The Morgan fingerprint density at radius 1 is 1.28 bits per heavy atom. The molecule has 0 amide bonds. The molecule has 3 rings (SSSR count). The summed E-state index contributed by atoms with van der Waals surface area (Å²) in [5.74, 6) is 0.912. The molecule has 0 fully saturated rings. The van der Waals surface area contributed by atoms with E-state index >= 15 is 0 Å². The van der Waals surface area contributed by atoms with Crippen LogP contribution < -0.4 is 14.2 Å². The summed E-state index contributed by atoms with van der Waals surface area (Å²) in [5, 5.41) is 0. The van der Waals surface area contributed by atoms with Gasteiger partial charge in [0.2, 0.25) is 10.0 Å². The van der Waals surface area contributed by atoms with Gasteiger partial charge in [0.15, 0.2) is 0 Å². The van der Waals surface area contributed by atoms with Crippen LogP contribution in [0.4, 0.5) is 4.39 Å². The topological polar surface area (TPSA) is 64.6 Å².